The van der Waals surface area contributed by atoms with Gasteiger partial charge >= 0.3 is 0 Å². The fourth-order valence-electron chi connectivity index (χ4n) is 4.94. The number of aliphatic hydroxyl groups is 1. The summed E-state index contributed by atoms with van der Waals surface area (Å²) in [6, 6.07) is 9.80. The maximum Gasteiger partial charge on any atom is 0.228 e. The van der Waals surface area contributed by atoms with Crippen LogP contribution in [0, 0.1) is 5.92 Å². The number of amides is 3. The smallest absolute Gasteiger partial charge is 0.228 e. The van der Waals surface area contributed by atoms with E-state index in [1.54, 1.807) is 23.9 Å². The number of carbonyl (C=O) groups excluding carboxylic acids is 3. The van der Waals surface area contributed by atoms with E-state index in [4.69, 9.17) is 0 Å². The number of rotatable bonds is 5. The number of aliphatic hydroxyl groups excluding tert-OH is 1. The zero-order valence-electron chi connectivity index (χ0n) is 18.1. The highest BCUT2D eigenvalue weighted by molar-refractivity contribution is 5.89. The van der Waals surface area contributed by atoms with Crippen LogP contribution in [0.5, 0.6) is 0 Å². The molecule has 0 bridgehead atoms. The molecule has 2 fully saturated rings. The zero-order valence-corrected chi connectivity index (χ0v) is 18.1. The van der Waals surface area contributed by atoms with E-state index < -0.39 is 6.10 Å². The van der Waals surface area contributed by atoms with Gasteiger partial charge in [0.2, 0.25) is 17.7 Å². The van der Waals surface area contributed by atoms with Gasteiger partial charge < -0.3 is 20.2 Å². The summed E-state index contributed by atoms with van der Waals surface area (Å²) in [4.78, 5) is 39.7. The fraction of sp³-hybridized carbons (Fsp3) is 0.609. The molecule has 0 radical (unpaired) electrons. The van der Waals surface area contributed by atoms with Crippen LogP contribution in [-0.2, 0) is 19.8 Å². The molecule has 0 spiro atoms. The number of likely N-dealkylation sites (tertiary alicyclic amines) is 1. The molecule has 1 aromatic carbocycles. The topological polar surface area (TPSA) is 90.0 Å². The minimum absolute atomic E-state index is 0.0124. The molecule has 1 saturated carbocycles. The molecule has 4 atom stereocenters. The molecule has 2 aliphatic rings. The summed E-state index contributed by atoms with van der Waals surface area (Å²) in [5.41, 5.74) is 0.861. The van der Waals surface area contributed by atoms with Crippen LogP contribution >= 0.6 is 0 Å². The lowest BCUT2D eigenvalue weighted by Crippen LogP contribution is -2.47. The highest BCUT2D eigenvalue weighted by Crippen LogP contribution is 2.39. The number of nitrogens with one attached hydrogen (secondary N) is 1. The number of likely N-dealkylation sites (N-methyl/N-ethyl adjacent to an activating group) is 1. The van der Waals surface area contributed by atoms with E-state index in [1.165, 1.54) is 6.92 Å². The molecule has 1 aromatic rings. The Morgan fingerprint density at radius 2 is 1.90 bits per heavy atom. The second-order valence-corrected chi connectivity index (χ2v) is 8.89. The van der Waals surface area contributed by atoms with E-state index >= 15 is 0 Å². The minimum atomic E-state index is -0.642. The van der Waals surface area contributed by atoms with Crippen LogP contribution in [0.15, 0.2) is 30.3 Å². The summed E-state index contributed by atoms with van der Waals surface area (Å²) in [7, 11) is 3.45. The van der Waals surface area contributed by atoms with Gasteiger partial charge in [0.1, 0.15) is 0 Å². The van der Waals surface area contributed by atoms with Crippen molar-refractivity contribution in [1.82, 2.24) is 15.1 Å². The number of nitrogens with zero attached hydrogens (tertiary/aromatic N) is 2. The third-order valence-electron chi connectivity index (χ3n) is 6.88. The van der Waals surface area contributed by atoms with Gasteiger partial charge in [0.15, 0.2) is 0 Å². The summed E-state index contributed by atoms with van der Waals surface area (Å²) < 4.78 is 0. The molecular formula is C23H33N3O4. The monoisotopic (exact) mass is 415 g/mol. The van der Waals surface area contributed by atoms with Gasteiger partial charge in [-0.2, -0.15) is 0 Å². The first kappa shape index (κ1) is 22.3. The molecule has 3 rings (SSSR count). The number of carbonyl (C=O) groups is 3. The lowest BCUT2D eigenvalue weighted by atomic mass is 9.74. The minimum Gasteiger partial charge on any atom is -0.391 e. The highest BCUT2D eigenvalue weighted by Gasteiger charge is 2.42. The molecule has 0 unspecified atom stereocenters. The van der Waals surface area contributed by atoms with Crippen molar-refractivity contribution in [1.29, 1.82) is 0 Å². The van der Waals surface area contributed by atoms with Crippen LogP contribution in [-0.4, -0.2) is 72.0 Å². The maximum atomic E-state index is 13.0. The van der Waals surface area contributed by atoms with Crippen LogP contribution in [0.25, 0.3) is 0 Å². The first-order valence-electron chi connectivity index (χ1n) is 10.7. The van der Waals surface area contributed by atoms with Gasteiger partial charge in [0.25, 0.3) is 0 Å². The van der Waals surface area contributed by atoms with Crippen molar-refractivity contribution < 1.29 is 19.5 Å². The molecule has 0 aromatic heterocycles. The molecule has 164 valence electrons. The van der Waals surface area contributed by atoms with Crippen molar-refractivity contribution in [2.45, 2.75) is 56.6 Å². The first-order chi connectivity index (χ1) is 14.2. The molecule has 1 saturated heterocycles. The number of hydrogen-bond donors (Lipinski definition) is 2. The molecule has 2 N–H and O–H groups in total. The summed E-state index contributed by atoms with van der Waals surface area (Å²) in [6.07, 6.45) is 2.24. The van der Waals surface area contributed by atoms with Gasteiger partial charge in [-0.1, -0.05) is 30.3 Å². The third-order valence-corrected chi connectivity index (χ3v) is 6.88. The Balaban J connectivity index is 1.78. The zero-order chi connectivity index (χ0) is 21.9. The van der Waals surface area contributed by atoms with Crippen molar-refractivity contribution in [3.63, 3.8) is 0 Å². The van der Waals surface area contributed by atoms with Gasteiger partial charge in [0, 0.05) is 45.9 Å². The second-order valence-electron chi connectivity index (χ2n) is 8.89. The first-order valence-corrected chi connectivity index (χ1v) is 10.7. The van der Waals surface area contributed by atoms with Crippen molar-refractivity contribution in [3.8, 4) is 0 Å². The summed E-state index contributed by atoms with van der Waals surface area (Å²) >= 11 is 0. The molecule has 1 heterocycles. The average Bonchev–Trinajstić information content (AvgIpc) is 2.97. The predicted molar refractivity (Wildman–Crippen MR) is 114 cm³/mol. The molecule has 30 heavy (non-hydrogen) atoms. The van der Waals surface area contributed by atoms with Crippen LogP contribution in [0.3, 0.4) is 0 Å². The van der Waals surface area contributed by atoms with Crippen molar-refractivity contribution in [2.75, 3.05) is 27.2 Å². The van der Waals surface area contributed by atoms with Gasteiger partial charge in [-0.15, -0.1) is 0 Å². The Hall–Kier alpha value is -2.41. The Labute approximate surface area is 178 Å². The van der Waals surface area contributed by atoms with Crippen molar-refractivity contribution >= 4 is 17.7 Å². The van der Waals surface area contributed by atoms with Gasteiger partial charge in [-0.3, -0.25) is 14.4 Å². The van der Waals surface area contributed by atoms with Gasteiger partial charge in [-0.25, -0.2) is 0 Å². The van der Waals surface area contributed by atoms with Crippen LogP contribution in [0.2, 0.25) is 0 Å². The SMILES string of the molecule is CC(=O)NC[C@]1(c2ccccc2)CC[C@H](O)[C@@H](N(C)C(=O)[C@H]2CC(=O)N(C)C2)CC1. The van der Waals surface area contributed by atoms with E-state index in [9.17, 15) is 19.5 Å². The predicted octanol–water partition coefficient (Wildman–Crippen LogP) is 1.30. The normalized spacial score (nSPS) is 29.4. The Morgan fingerprint density at radius 1 is 1.23 bits per heavy atom. The lowest BCUT2D eigenvalue weighted by Gasteiger charge is -2.34. The van der Waals surface area contributed by atoms with Crippen LogP contribution in [0.4, 0.5) is 0 Å². The largest absolute Gasteiger partial charge is 0.391 e. The van der Waals surface area contributed by atoms with E-state index in [0.29, 0.717) is 25.9 Å². The third kappa shape index (κ3) is 4.67. The van der Waals surface area contributed by atoms with Crippen LogP contribution < -0.4 is 5.32 Å². The lowest BCUT2D eigenvalue weighted by molar-refractivity contribution is -0.139. The van der Waals surface area contributed by atoms with E-state index in [0.717, 1.165) is 18.4 Å². The second kappa shape index (κ2) is 9.16. The maximum absolute atomic E-state index is 13.0. The molecule has 1 aliphatic carbocycles. The Kier molecular flexibility index (Phi) is 6.81. The van der Waals surface area contributed by atoms with Crippen LogP contribution in [0.1, 0.15) is 44.6 Å². The number of benzene rings is 1. The number of hydrogen-bond acceptors (Lipinski definition) is 4. The van der Waals surface area contributed by atoms with Crippen molar-refractivity contribution in [2.24, 2.45) is 5.92 Å². The Bertz CT molecular complexity index is 784. The quantitative estimate of drug-likeness (QED) is 0.710. The van der Waals surface area contributed by atoms with Crippen molar-refractivity contribution in [3.05, 3.63) is 35.9 Å². The molecule has 3 amide bonds. The van der Waals surface area contributed by atoms with Gasteiger partial charge in [-0.05, 0) is 31.2 Å². The highest BCUT2D eigenvalue weighted by atomic mass is 16.3. The summed E-state index contributed by atoms with van der Waals surface area (Å²) in [5, 5.41) is 13.9. The molecule has 7 heteroatoms. The summed E-state index contributed by atoms with van der Waals surface area (Å²) in [5.74, 6) is -0.512. The van der Waals surface area contributed by atoms with E-state index in [-0.39, 0.29) is 41.5 Å². The Morgan fingerprint density at radius 3 is 2.50 bits per heavy atom. The molecule has 7 nitrogen and oxygen atoms in total. The van der Waals surface area contributed by atoms with E-state index in [2.05, 4.69) is 17.4 Å². The fourth-order valence-corrected chi connectivity index (χ4v) is 4.94. The molecular weight excluding hydrogens is 382 g/mol. The summed E-state index contributed by atoms with van der Waals surface area (Å²) in [6.45, 7) is 2.45. The average molecular weight is 416 g/mol. The standard InChI is InChI=1S/C23H33N3O4/c1-16(27)24-15-23(18-7-5-4-6-8-18)11-9-19(20(28)10-12-23)26(3)22(30)17-13-21(29)25(2)14-17/h4-8,17,19-20,28H,9-15H2,1-3H3,(H,24,27)/t17-,19-,20-,23+/m0/s1. The van der Waals surface area contributed by atoms with Gasteiger partial charge in [0.05, 0.1) is 18.1 Å². The molecule has 1 aliphatic heterocycles. The van der Waals surface area contributed by atoms with E-state index in [1.807, 2.05) is 18.2 Å².